The van der Waals surface area contributed by atoms with Crippen molar-refractivity contribution in [2.45, 2.75) is 0 Å². The van der Waals surface area contributed by atoms with Gasteiger partial charge in [0.2, 0.25) is 0 Å². The third-order valence-corrected chi connectivity index (χ3v) is 3.25. The van der Waals surface area contributed by atoms with Gasteiger partial charge in [-0.3, -0.25) is 0 Å². The lowest BCUT2D eigenvalue weighted by atomic mass is 9.78. The summed E-state index contributed by atoms with van der Waals surface area (Å²) in [6.07, 6.45) is 5.38. The molecule has 0 saturated carbocycles. The fourth-order valence-electron chi connectivity index (χ4n) is 2.31. The van der Waals surface area contributed by atoms with Crippen LogP contribution in [0.2, 0.25) is 0 Å². The number of terminal acetylenes is 1. The van der Waals surface area contributed by atoms with Crippen molar-refractivity contribution in [1.29, 1.82) is 0 Å². The minimum Gasteiger partial charge on any atom is -0.380 e. The van der Waals surface area contributed by atoms with E-state index in [1.807, 2.05) is 12.1 Å². The Morgan fingerprint density at radius 1 is 1.33 bits per heavy atom. The molecule has 15 heavy (non-hydrogen) atoms. The van der Waals surface area contributed by atoms with Crippen molar-refractivity contribution in [1.82, 2.24) is 0 Å². The minimum atomic E-state index is 0.464. The molecule has 0 unspecified atom stereocenters. The molecule has 0 bridgehead atoms. The Morgan fingerprint density at radius 3 is 2.73 bits per heavy atom. The van der Waals surface area contributed by atoms with Gasteiger partial charge in [0.1, 0.15) is 0 Å². The number of hydrogen-bond acceptors (Lipinski definition) is 2. The van der Waals surface area contributed by atoms with Crippen LogP contribution in [-0.2, 0) is 4.74 Å². The number of hydrogen-bond donors (Lipinski definition) is 0. The van der Waals surface area contributed by atoms with Crippen LogP contribution < -0.4 is 4.90 Å². The Kier molecular flexibility index (Phi) is 1.77. The Hall–Kier alpha value is -1.46. The molecule has 0 atom stereocenters. The van der Waals surface area contributed by atoms with Crippen molar-refractivity contribution in [2.24, 2.45) is 5.41 Å². The lowest BCUT2D eigenvalue weighted by molar-refractivity contribution is -0.127. The molecule has 2 fully saturated rings. The highest BCUT2D eigenvalue weighted by molar-refractivity contribution is 5.54. The Bertz CT molecular complexity index is 420. The molecule has 2 heteroatoms. The molecular weight excluding hydrogens is 186 g/mol. The predicted molar refractivity (Wildman–Crippen MR) is 59.8 cm³/mol. The van der Waals surface area contributed by atoms with Gasteiger partial charge >= 0.3 is 0 Å². The van der Waals surface area contributed by atoms with Crippen LogP contribution in [0.1, 0.15) is 5.56 Å². The first kappa shape index (κ1) is 8.82. The molecule has 76 valence electrons. The van der Waals surface area contributed by atoms with Gasteiger partial charge in [-0.15, -0.1) is 6.42 Å². The van der Waals surface area contributed by atoms with Gasteiger partial charge in [0.25, 0.3) is 0 Å². The van der Waals surface area contributed by atoms with E-state index in [4.69, 9.17) is 11.2 Å². The fourth-order valence-corrected chi connectivity index (χ4v) is 2.31. The molecule has 0 amide bonds. The second kappa shape index (κ2) is 3.01. The average Bonchev–Trinajstić information content (AvgIpc) is 2.14. The third-order valence-electron chi connectivity index (χ3n) is 3.25. The second-order valence-corrected chi connectivity index (χ2v) is 4.54. The average molecular weight is 199 g/mol. The van der Waals surface area contributed by atoms with Crippen molar-refractivity contribution in [2.75, 3.05) is 31.2 Å². The molecule has 2 aliphatic heterocycles. The van der Waals surface area contributed by atoms with E-state index in [1.165, 1.54) is 5.69 Å². The quantitative estimate of drug-likeness (QED) is 0.636. The van der Waals surface area contributed by atoms with Crippen LogP contribution in [0.3, 0.4) is 0 Å². The van der Waals surface area contributed by atoms with Crippen LogP contribution in [0, 0.1) is 17.8 Å². The summed E-state index contributed by atoms with van der Waals surface area (Å²) in [6, 6.07) is 8.18. The van der Waals surface area contributed by atoms with E-state index < -0.39 is 0 Å². The Labute approximate surface area is 89.8 Å². The molecule has 0 radical (unpaired) electrons. The maximum Gasteiger partial charge on any atom is 0.0579 e. The van der Waals surface area contributed by atoms with Crippen LogP contribution >= 0.6 is 0 Å². The van der Waals surface area contributed by atoms with Gasteiger partial charge in [-0.1, -0.05) is 12.0 Å². The maximum atomic E-state index is 5.38. The van der Waals surface area contributed by atoms with Crippen molar-refractivity contribution in [3.63, 3.8) is 0 Å². The third kappa shape index (κ3) is 1.32. The van der Waals surface area contributed by atoms with E-state index in [0.29, 0.717) is 5.41 Å². The molecule has 2 aliphatic rings. The summed E-state index contributed by atoms with van der Waals surface area (Å²) < 4.78 is 5.25. The van der Waals surface area contributed by atoms with Crippen LogP contribution in [0.4, 0.5) is 5.69 Å². The number of anilines is 1. The molecule has 1 spiro atoms. The van der Waals surface area contributed by atoms with Gasteiger partial charge in [0.15, 0.2) is 0 Å². The monoisotopic (exact) mass is 199 g/mol. The number of ether oxygens (including phenoxy) is 1. The summed E-state index contributed by atoms with van der Waals surface area (Å²) in [5.41, 5.74) is 2.66. The summed E-state index contributed by atoms with van der Waals surface area (Å²) in [5.74, 6) is 2.67. The molecule has 3 rings (SSSR count). The summed E-state index contributed by atoms with van der Waals surface area (Å²) in [7, 11) is 0. The molecule has 2 saturated heterocycles. The zero-order valence-electron chi connectivity index (χ0n) is 8.57. The highest BCUT2D eigenvalue weighted by atomic mass is 16.5. The molecule has 1 aromatic carbocycles. The number of rotatable bonds is 1. The van der Waals surface area contributed by atoms with E-state index in [1.54, 1.807) is 0 Å². The molecule has 0 aliphatic carbocycles. The second-order valence-electron chi connectivity index (χ2n) is 4.54. The largest absolute Gasteiger partial charge is 0.380 e. The van der Waals surface area contributed by atoms with Crippen molar-refractivity contribution >= 4 is 5.69 Å². The Morgan fingerprint density at radius 2 is 2.13 bits per heavy atom. The standard InChI is InChI=1S/C13H13NO/c1-2-11-4-3-5-12(6-11)14-7-13(8-14)9-15-10-13/h1,3-6H,7-10H2. The minimum absolute atomic E-state index is 0.464. The SMILES string of the molecule is C#Cc1cccc(N2CC3(COC3)C2)c1. The smallest absolute Gasteiger partial charge is 0.0579 e. The summed E-state index contributed by atoms with van der Waals surface area (Å²) in [4.78, 5) is 2.36. The highest BCUT2D eigenvalue weighted by Crippen LogP contribution is 2.40. The van der Waals surface area contributed by atoms with Crippen LogP contribution in [0.5, 0.6) is 0 Å². The lowest BCUT2D eigenvalue weighted by Crippen LogP contribution is -2.66. The summed E-state index contributed by atoms with van der Waals surface area (Å²) >= 11 is 0. The zero-order chi connectivity index (χ0) is 10.3. The molecule has 2 nitrogen and oxygen atoms in total. The summed E-state index contributed by atoms with van der Waals surface area (Å²) in [5, 5.41) is 0. The molecule has 0 aromatic heterocycles. The van der Waals surface area contributed by atoms with Crippen molar-refractivity contribution in [3.05, 3.63) is 29.8 Å². The van der Waals surface area contributed by atoms with Gasteiger partial charge in [-0.2, -0.15) is 0 Å². The molecule has 2 heterocycles. The Balaban J connectivity index is 1.75. The normalized spacial score (nSPS) is 21.7. The zero-order valence-corrected chi connectivity index (χ0v) is 8.57. The first-order valence-corrected chi connectivity index (χ1v) is 5.21. The number of benzene rings is 1. The molecular formula is C13H13NO. The summed E-state index contributed by atoms with van der Waals surface area (Å²) in [6.45, 7) is 4.08. The fraction of sp³-hybridized carbons (Fsp3) is 0.385. The molecule has 1 aromatic rings. The highest BCUT2D eigenvalue weighted by Gasteiger charge is 2.48. The van der Waals surface area contributed by atoms with Gasteiger partial charge in [-0.05, 0) is 18.2 Å². The first-order chi connectivity index (χ1) is 7.31. The van der Waals surface area contributed by atoms with Crippen LogP contribution in [-0.4, -0.2) is 26.3 Å². The number of nitrogens with zero attached hydrogens (tertiary/aromatic N) is 1. The topological polar surface area (TPSA) is 12.5 Å². The van der Waals surface area contributed by atoms with E-state index in [0.717, 1.165) is 31.9 Å². The van der Waals surface area contributed by atoms with E-state index >= 15 is 0 Å². The van der Waals surface area contributed by atoms with Crippen molar-refractivity contribution in [3.8, 4) is 12.3 Å². The maximum absolute atomic E-state index is 5.38. The van der Waals surface area contributed by atoms with Crippen molar-refractivity contribution < 1.29 is 4.74 Å². The van der Waals surface area contributed by atoms with E-state index in [-0.39, 0.29) is 0 Å². The molecule has 0 N–H and O–H groups in total. The van der Waals surface area contributed by atoms with Gasteiger partial charge in [-0.25, -0.2) is 0 Å². The van der Waals surface area contributed by atoms with Crippen LogP contribution in [0.25, 0.3) is 0 Å². The van der Waals surface area contributed by atoms with E-state index in [9.17, 15) is 0 Å². The van der Waals surface area contributed by atoms with Gasteiger partial charge in [0.05, 0.1) is 18.6 Å². The van der Waals surface area contributed by atoms with Gasteiger partial charge < -0.3 is 9.64 Å². The van der Waals surface area contributed by atoms with Crippen LogP contribution in [0.15, 0.2) is 24.3 Å². The van der Waals surface area contributed by atoms with E-state index in [2.05, 4.69) is 23.0 Å². The predicted octanol–water partition coefficient (Wildman–Crippen LogP) is 1.50. The van der Waals surface area contributed by atoms with Gasteiger partial charge in [0, 0.05) is 24.3 Å². The first-order valence-electron chi connectivity index (χ1n) is 5.21. The lowest BCUT2D eigenvalue weighted by Gasteiger charge is -2.56.